The number of amides is 1. The number of nitrogens with one attached hydrogen (secondary N) is 4. The number of pyridine rings is 1. The van der Waals surface area contributed by atoms with E-state index in [0.717, 1.165) is 12.8 Å². The quantitative estimate of drug-likeness (QED) is 0.161. The highest BCUT2D eigenvalue weighted by atomic mass is 127. The number of ether oxygens (including phenoxy) is 2. The summed E-state index contributed by atoms with van der Waals surface area (Å²) in [4.78, 5) is 26.8. The molecule has 4 rings (SSSR count). The lowest BCUT2D eigenvalue weighted by molar-refractivity contribution is 0.0948. The summed E-state index contributed by atoms with van der Waals surface area (Å²) in [6, 6.07) is 8.83. The molecule has 0 saturated heterocycles. The Morgan fingerprint density at radius 3 is 2.61 bits per heavy atom. The fourth-order valence-corrected chi connectivity index (χ4v) is 5.44. The highest BCUT2D eigenvalue weighted by Gasteiger charge is 2.31. The van der Waals surface area contributed by atoms with Gasteiger partial charge < -0.3 is 20.1 Å². The van der Waals surface area contributed by atoms with Gasteiger partial charge in [0.2, 0.25) is 0 Å². The number of hydrogen-bond donors (Lipinski definition) is 4. The molecule has 41 heavy (non-hydrogen) atoms. The van der Waals surface area contributed by atoms with Gasteiger partial charge in [0.25, 0.3) is 21.7 Å². The van der Waals surface area contributed by atoms with E-state index in [-0.39, 0.29) is 64.0 Å². The summed E-state index contributed by atoms with van der Waals surface area (Å²) < 4.78 is 57.1. The van der Waals surface area contributed by atoms with Crippen LogP contribution in [0.2, 0.25) is 5.02 Å². The summed E-state index contributed by atoms with van der Waals surface area (Å²) in [7, 11) is -1.10. The molecule has 1 heterocycles. The number of hydrogen-bond acceptors (Lipinski definition) is 7. The van der Waals surface area contributed by atoms with Crippen LogP contribution < -0.4 is 30.4 Å². The molecular weight excluding hydrogens is 692 g/mol. The molecule has 0 unspecified atom stereocenters. The lowest BCUT2D eigenvalue weighted by atomic mass is 10.1. The molecule has 0 aliphatic heterocycles. The fourth-order valence-electron chi connectivity index (χ4n) is 3.84. The van der Waals surface area contributed by atoms with Gasteiger partial charge in [0.1, 0.15) is 28.0 Å². The van der Waals surface area contributed by atoms with Gasteiger partial charge >= 0.3 is 0 Å². The van der Waals surface area contributed by atoms with Gasteiger partial charge in [-0.25, -0.2) is 4.39 Å². The third-order valence-electron chi connectivity index (χ3n) is 6.11. The standard InChI is InChI=1S/C26H28ClFIN5O6S/c1-14-23(40-20-6-4-5-19(22(20)27)33-41(37,38)30-11-12-39-3)21(25(35)31-16-8-9-16)24(34(2)26(14)36)32-18-10-7-15(29)13-17(18)28/h4-7,10,13,16,30,32-33H,8-9,11-12H2,1-3H3,(H,31,35). The first-order valence-electron chi connectivity index (χ1n) is 12.4. The number of methoxy groups -OCH3 is 1. The van der Waals surface area contributed by atoms with Crippen LogP contribution in [0.5, 0.6) is 11.5 Å². The Balaban J connectivity index is 1.79. The van der Waals surface area contributed by atoms with Crippen molar-refractivity contribution in [2.75, 3.05) is 30.3 Å². The molecule has 1 aromatic heterocycles. The Morgan fingerprint density at radius 2 is 1.95 bits per heavy atom. The maximum Gasteiger partial charge on any atom is 0.299 e. The van der Waals surface area contributed by atoms with Crippen molar-refractivity contribution in [2.24, 2.45) is 7.05 Å². The van der Waals surface area contributed by atoms with Crippen LogP contribution in [0.1, 0.15) is 28.8 Å². The van der Waals surface area contributed by atoms with Crippen LogP contribution in [-0.2, 0) is 22.0 Å². The Kier molecular flexibility index (Phi) is 9.79. The fraction of sp³-hybridized carbons (Fsp3) is 0.308. The summed E-state index contributed by atoms with van der Waals surface area (Å²) in [6.07, 6.45) is 1.60. The topological polar surface area (TPSA) is 140 Å². The van der Waals surface area contributed by atoms with Crippen molar-refractivity contribution >= 4 is 67.5 Å². The van der Waals surface area contributed by atoms with Crippen LogP contribution in [0.3, 0.4) is 0 Å². The highest BCUT2D eigenvalue weighted by Crippen LogP contribution is 2.39. The molecule has 0 radical (unpaired) electrons. The van der Waals surface area contributed by atoms with Crippen LogP contribution in [0, 0.1) is 16.3 Å². The van der Waals surface area contributed by atoms with Crippen molar-refractivity contribution in [3.8, 4) is 11.5 Å². The number of nitrogens with zero attached hydrogens (tertiary/aromatic N) is 1. The zero-order valence-electron chi connectivity index (χ0n) is 22.3. The highest BCUT2D eigenvalue weighted by molar-refractivity contribution is 14.1. The first-order chi connectivity index (χ1) is 19.4. The van der Waals surface area contributed by atoms with Gasteiger partial charge in [-0.2, -0.15) is 13.1 Å². The van der Waals surface area contributed by atoms with Crippen molar-refractivity contribution < 1.29 is 27.1 Å². The molecule has 0 spiro atoms. The molecule has 1 aliphatic rings. The largest absolute Gasteiger partial charge is 0.454 e. The van der Waals surface area contributed by atoms with Crippen LogP contribution in [0.25, 0.3) is 0 Å². The van der Waals surface area contributed by atoms with Crippen LogP contribution in [0.15, 0.2) is 41.2 Å². The van der Waals surface area contributed by atoms with Gasteiger partial charge in [0.15, 0.2) is 5.75 Å². The van der Waals surface area contributed by atoms with Crippen molar-refractivity contribution in [2.45, 2.75) is 25.8 Å². The third-order valence-corrected chi connectivity index (χ3v) is 8.24. The second-order valence-corrected chi connectivity index (χ2v) is 12.4. The zero-order valence-corrected chi connectivity index (χ0v) is 26.0. The normalized spacial score (nSPS) is 13.1. The zero-order chi connectivity index (χ0) is 29.9. The maximum atomic E-state index is 14.8. The Hall–Kier alpha value is -2.92. The van der Waals surface area contributed by atoms with E-state index >= 15 is 0 Å². The molecule has 1 fully saturated rings. The molecule has 1 aliphatic carbocycles. The van der Waals surface area contributed by atoms with Crippen LogP contribution in [-0.4, -0.2) is 45.2 Å². The van der Waals surface area contributed by atoms with Crippen molar-refractivity contribution in [1.82, 2.24) is 14.6 Å². The molecule has 15 heteroatoms. The monoisotopic (exact) mass is 719 g/mol. The van der Waals surface area contributed by atoms with E-state index in [1.165, 1.54) is 56.0 Å². The van der Waals surface area contributed by atoms with Crippen LogP contribution in [0.4, 0.5) is 21.6 Å². The summed E-state index contributed by atoms with van der Waals surface area (Å²) in [6.45, 7) is 1.68. The summed E-state index contributed by atoms with van der Waals surface area (Å²) >= 11 is 8.50. The molecule has 220 valence electrons. The van der Waals surface area contributed by atoms with Crippen molar-refractivity contribution in [1.29, 1.82) is 0 Å². The molecule has 2 aromatic carbocycles. The molecule has 1 saturated carbocycles. The minimum absolute atomic E-state index is 0.00106. The number of aromatic nitrogens is 1. The SMILES string of the molecule is COCCNS(=O)(=O)Nc1cccc(Oc2c(C(=O)NC3CC3)c(Nc3ccc(I)cc3F)n(C)c(=O)c2C)c1Cl. The average Bonchev–Trinajstić information content (AvgIpc) is 3.73. The first kappa shape index (κ1) is 31.0. The molecule has 11 nitrogen and oxygen atoms in total. The predicted molar refractivity (Wildman–Crippen MR) is 163 cm³/mol. The summed E-state index contributed by atoms with van der Waals surface area (Å²) in [5, 5.41) is 5.66. The van der Waals surface area contributed by atoms with E-state index in [9.17, 15) is 22.4 Å². The molecule has 0 atom stereocenters. The van der Waals surface area contributed by atoms with Crippen LogP contribution >= 0.6 is 34.2 Å². The Morgan fingerprint density at radius 1 is 1.22 bits per heavy atom. The van der Waals surface area contributed by atoms with Gasteiger partial charge in [-0.3, -0.25) is 18.9 Å². The second-order valence-electron chi connectivity index (χ2n) is 9.25. The van der Waals surface area contributed by atoms with Gasteiger partial charge in [-0.05, 0) is 72.7 Å². The average molecular weight is 720 g/mol. The molecular formula is C26H28ClFIN5O6S. The minimum atomic E-state index is -4.00. The summed E-state index contributed by atoms with van der Waals surface area (Å²) in [5.74, 6) is -1.25. The van der Waals surface area contributed by atoms with E-state index in [1.807, 2.05) is 22.6 Å². The Labute approximate surface area is 255 Å². The number of anilines is 3. The number of halogens is 3. The Bertz CT molecular complexity index is 1650. The molecule has 3 aromatic rings. The van der Waals surface area contributed by atoms with E-state index in [2.05, 4.69) is 20.1 Å². The lowest BCUT2D eigenvalue weighted by Crippen LogP contribution is -2.32. The van der Waals surface area contributed by atoms with E-state index in [4.69, 9.17) is 21.1 Å². The van der Waals surface area contributed by atoms with E-state index in [1.54, 1.807) is 6.07 Å². The number of carbonyl (C=O) groups excluding carboxylic acids is 1. The minimum Gasteiger partial charge on any atom is -0.454 e. The van der Waals surface area contributed by atoms with Gasteiger partial charge in [0.05, 0.1) is 23.5 Å². The second kappa shape index (κ2) is 12.9. The third kappa shape index (κ3) is 7.48. The van der Waals surface area contributed by atoms with Gasteiger partial charge in [-0.1, -0.05) is 17.7 Å². The van der Waals surface area contributed by atoms with Crippen molar-refractivity contribution in [3.63, 3.8) is 0 Å². The van der Waals surface area contributed by atoms with Gasteiger partial charge in [-0.15, -0.1) is 0 Å². The maximum absolute atomic E-state index is 14.8. The number of carbonyl (C=O) groups is 1. The van der Waals surface area contributed by atoms with Gasteiger partial charge in [0, 0.05) is 30.3 Å². The smallest absolute Gasteiger partial charge is 0.299 e. The number of rotatable bonds is 12. The van der Waals surface area contributed by atoms with Crippen molar-refractivity contribution in [3.05, 3.63) is 72.3 Å². The first-order valence-corrected chi connectivity index (χ1v) is 15.3. The lowest BCUT2D eigenvalue weighted by Gasteiger charge is -2.22. The van der Waals surface area contributed by atoms with E-state index in [0.29, 0.717) is 3.57 Å². The van der Waals surface area contributed by atoms with E-state index < -0.39 is 27.5 Å². The summed E-state index contributed by atoms with van der Waals surface area (Å²) in [5.41, 5.74) is -0.417. The predicted octanol–water partition coefficient (Wildman–Crippen LogP) is 4.41. The molecule has 0 bridgehead atoms. The number of benzene rings is 2. The molecule has 4 N–H and O–H groups in total. The molecule has 1 amide bonds.